The van der Waals surface area contributed by atoms with E-state index in [1.165, 1.54) is 0 Å². The Balaban J connectivity index is 2.23. The molecular formula is C13H19NO2. The monoisotopic (exact) mass is 221 g/mol. The maximum Gasteiger partial charge on any atom is 0.130 e. The van der Waals surface area contributed by atoms with Crippen LogP contribution in [0.5, 0.6) is 5.75 Å². The Hall–Kier alpha value is -1.51. The summed E-state index contributed by atoms with van der Waals surface area (Å²) in [7, 11) is 0. The third kappa shape index (κ3) is 4.82. The van der Waals surface area contributed by atoms with E-state index in [1.54, 1.807) is 6.21 Å². The fourth-order valence-electron chi connectivity index (χ4n) is 1.30. The predicted octanol–water partition coefficient (Wildman–Crippen LogP) is 3.26. The first-order chi connectivity index (χ1) is 7.86. The molecule has 0 amide bonds. The Labute approximate surface area is 97.1 Å². The molecule has 0 aliphatic heterocycles. The zero-order valence-electron chi connectivity index (χ0n) is 9.93. The van der Waals surface area contributed by atoms with Crippen LogP contribution in [0.15, 0.2) is 35.5 Å². The van der Waals surface area contributed by atoms with Crippen molar-refractivity contribution in [2.45, 2.75) is 32.8 Å². The molecule has 0 fully saturated rings. The van der Waals surface area contributed by atoms with Gasteiger partial charge in [0, 0.05) is 12.6 Å². The number of benzene rings is 1. The molecule has 0 heterocycles. The predicted molar refractivity (Wildman–Crippen MR) is 65.9 cm³/mol. The summed E-state index contributed by atoms with van der Waals surface area (Å²) in [6, 6.07) is 9.80. The fourth-order valence-corrected chi connectivity index (χ4v) is 1.30. The van der Waals surface area contributed by atoms with Gasteiger partial charge in [0.05, 0.1) is 6.61 Å². The maximum absolute atomic E-state index is 5.59. The number of rotatable bonds is 7. The molecule has 0 saturated carbocycles. The van der Waals surface area contributed by atoms with Crippen molar-refractivity contribution in [3.05, 3.63) is 30.3 Å². The molecular weight excluding hydrogens is 202 g/mol. The number of para-hydroxylation sites is 1. The molecule has 0 radical (unpaired) electrons. The van der Waals surface area contributed by atoms with Crippen LogP contribution in [-0.2, 0) is 4.84 Å². The van der Waals surface area contributed by atoms with E-state index in [-0.39, 0.29) is 6.10 Å². The van der Waals surface area contributed by atoms with E-state index in [9.17, 15) is 0 Å². The second kappa shape index (κ2) is 7.74. The highest BCUT2D eigenvalue weighted by molar-refractivity contribution is 5.52. The van der Waals surface area contributed by atoms with E-state index in [4.69, 9.17) is 9.57 Å². The summed E-state index contributed by atoms with van der Waals surface area (Å²) in [4.78, 5) is 5.27. The molecule has 16 heavy (non-hydrogen) atoms. The van der Waals surface area contributed by atoms with E-state index in [0.29, 0.717) is 6.61 Å². The lowest BCUT2D eigenvalue weighted by Crippen LogP contribution is -2.13. The van der Waals surface area contributed by atoms with E-state index in [2.05, 4.69) is 12.1 Å². The molecule has 1 atom stereocenters. The number of hydrogen-bond donors (Lipinski definition) is 0. The topological polar surface area (TPSA) is 30.8 Å². The Morgan fingerprint density at radius 1 is 1.31 bits per heavy atom. The van der Waals surface area contributed by atoms with Crippen LogP contribution in [0.2, 0.25) is 0 Å². The zero-order chi connectivity index (χ0) is 11.6. The summed E-state index contributed by atoms with van der Waals surface area (Å²) in [6.45, 7) is 4.58. The van der Waals surface area contributed by atoms with E-state index in [0.717, 1.165) is 18.6 Å². The molecule has 0 spiro atoms. The largest absolute Gasteiger partial charge is 0.493 e. The average Bonchev–Trinajstić information content (AvgIpc) is 2.35. The van der Waals surface area contributed by atoms with Gasteiger partial charge in [-0.25, -0.2) is 0 Å². The summed E-state index contributed by atoms with van der Waals surface area (Å²) in [6.07, 6.45) is 3.58. The second-order valence-electron chi connectivity index (χ2n) is 3.45. The molecule has 0 unspecified atom stereocenters. The van der Waals surface area contributed by atoms with Crippen LogP contribution in [0.3, 0.4) is 0 Å². The third-order valence-electron chi connectivity index (χ3n) is 2.22. The highest BCUT2D eigenvalue weighted by atomic mass is 16.6. The van der Waals surface area contributed by atoms with Crippen molar-refractivity contribution in [1.29, 1.82) is 0 Å². The van der Waals surface area contributed by atoms with Crippen molar-refractivity contribution in [2.75, 3.05) is 6.61 Å². The van der Waals surface area contributed by atoms with Crippen LogP contribution in [-0.4, -0.2) is 18.9 Å². The summed E-state index contributed by atoms with van der Waals surface area (Å²) in [5.41, 5.74) is 0. The van der Waals surface area contributed by atoms with Crippen LogP contribution in [0.1, 0.15) is 26.7 Å². The van der Waals surface area contributed by atoms with Crippen LogP contribution in [0, 0.1) is 0 Å². The van der Waals surface area contributed by atoms with Crippen molar-refractivity contribution in [2.24, 2.45) is 5.16 Å². The first-order valence-electron chi connectivity index (χ1n) is 5.68. The molecule has 88 valence electrons. The Morgan fingerprint density at radius 3 is 2.69 bits per heavy atom. The Kier molecular flexibility index (Phi) is 6.07. The van der Waals surface area contributed by atoms with Crippen molar-refractivity contribution >= 4 is 6.21 Å². The standard InChI is InChI=1S/C13H19NO2/c1-3-12(16-14-4-2)10-11-15-13-8-6-5-7-9-13/h4-9,12H,3,10-11H2,1-2H3/b14-4+/t12-/m0/s1. The smallest absolute Gasteiger partial charge is 0.130 e. The molecule has 1 rings (SSSR count). The fraction of sp³-hybridized carbons (Fsp3) is 0.462. The molecule has 0 saturated heterocycles. The summed E-state index contributed by atoms with van der Waals surface area (Å²) in [5, 5.41) is 3.79. The van der Waals surface area contributed by atoms with Crippen molar-refractivity contribution in [3.8, 4) is 5.75 Å². The average molecular weight is 221 g/mol. The lowest BCUT2D eigenvalue weighted by Gasteiger charge is -2.13. The third-order valence-corrected chi connectivity index (χ3v) is 2.22. The summed E-state index contributed by atoms with van der Waals surface area (Å²) < 4.78 is 5.59. The first-order valence-corrected chi connectivity index (χ1v) is 5.68. The van der Waals surface area contributed by atoms with Gasteiger partial charge in [-0.3, -0.25) is 0 Å². The number of hydrogen-bond acceptors (Lipinski definition) is 3. The number of nitrogens with zero attached hydrogens (tertiary/aromatic N) is 1. The highest BCUT2D eigenvalue weighted by Crippen LogP contribution is 2.10. The Morgan fingerprint density at radius 2 is 2.06 bits per heavy atom. The lowest BCUT2D eigenvalue weighted by molar-refractivity contribution is 0.0413. The molecule has 3 heteroatoms. The van der Waals surface area contributed by atoms with Gasteiger partial charge in [-0.2, -0.15) is 0 Å². The van der Waals surface area contributed by atoms with Gasteiger partial charge in [0.1, 0.15) is 11.9 Å². The van der Waals surface area contributed by atoms with Gasteiger partial charge < -0.3 is 9.57 Å². The van der Waals surface area contributed by atoms with Crippen molar-refractivity contribution in [1.82, 2.24) is 0 Å². The minimum absolute atomic E-state index is 0.139. The zero-order valence-corrected chi connectivity index (χ0v) is 9.93. The summed E-state index contributed by atoms with van der Waals surface area (Å²) >= 11 is 0. The normalized spacial score (nSPS) is 12.6. The van der Waals surface area contributed by atoms with Gasteiger partial charge >= 0.3 is 0 Å². The molecule has 0 aliphatic rings. The lowest BCUT2D eigenvalue weighted by atomic mass is 10.2. The van der Waals surface area contributed by atoms with Crippen LogP contribution in [0.25, 0.3) is 0 Å². The van der Waals surface area contributed by atoms with Gasteiger partial charge in [-0.1, -0.05) is 30.3 Å². The quantitative estimate of drug-likeness (QED) is 0.522. The first kappa shape index (κ1) is 12.6. The van der Waals surface area contributed by atoms with E-state index >= 15 is 0 Å². The van der Waals surface area contributed by atoms with E-state index in [1.807, 2.05) is 37.3 Å². The summed E-state index contributed by atoms with van der Waals surface area (Å²) in [5.74, 6) is 0.899. The highest BCUT2D eigenvalue weighted by Gasteiger charge is 2.06. The SMILES string of the molecule is C/C=N/O[C@@H](CC)CCOc1ccccc1. The van der Waals surface area contributed by atoms with Crippen LogP contribution >= 0.6 is 0 Å². The molecule has 1 aromatic rings. The van der Waals surface area contributed by atoms with Gasteiger partial charge in [0.2, 0.25) is 0 Å². The van der Waals surface area contributed by atoms with Crippen LogP contribution < -0.4 is 4.74 Å². The molecule has 3 nitrogen and oxygen atoms in total. The van der Waals surface area contributed by atoms with Gasteiger partial charge in [-0.15, -0.1) is 0 Å². The molecule has 0 aromatic heterocycles. The molecule has 0 N–H and O–H groups in total. The van der Waals surface area contributed by atoms with Crippen LogP contribution in [0.4, 0.5) is 0 Å². The minimum Gasteiger partial charge on any atom is -0.493 e. The molecule has 0 aliphatic carbocycles. The number of ether oxygens (including phenoxy) is 1. The van der Waals surface area contributed by atoms with E-state index < -0.39 is 0 Å². The second-order valence-corrected chi connectivity index (χ2v) is 3.45. The van der Waals surface area contributed by atoms with Gasteiger partial charge in [0.25, 0.3) is 0 Å². The van der Waals surface area contributed by atoms with Gasteiger partial charge in [-0.05, 0) is 25.5 Å². The van der Waals surface area contributed by atoms with Gasteiger partial charge in [0.15, 0.2) is 0 Å². The minimum atomic E-state index is 0.139. The Bertz CT molecular complexity index is 298. The van der Waals surface area contributed by atoms with Crippen molar-refractivity contribution < 1.29 is 9.57 Å². The molecule has 0 bridgehead atoms. The maximum atomic E-state index is 5.59. The number of oxime groups is 1. The van der Waals surface area contributed by atoms with Crippen molar-refractivity contribution in [3.63, 3.8) is 0 Å². The molecule has 1 aromatic carbocycles.